The topological polar surface area (TPSA) is 58.6 Å². The zero-order valence-electron chi connectivity index (χ0n) is 29.4. The molecule has 1 aromatic carbocycles. The maximum atomic E-state index is 12.1. The van der Waals surface area contributed by atoms with E-state index in [0.717, 1.165) is 43.7 Å². The van der Waals surface area contributed by atoms with Crippen molar-refractivity contribution in [3.05, 3.63) is 46.0 Å². The first-order valence-electron chi connectivity index (χ1n) is 18.1. The van der Waals surface area contributed by atoms with Gasteiger partial charge in [0.2, 0.25) is 0 Å². The lowest BCUT2D eigenvalue weighted by Gasteiger charge is -2.72. The van der Waals surface area contributed by atoms with Crippen molar-refractivity contribution < 1.29 is 14.6 Å². The van der Waals surface area contributed by atoms with E-state index in [0.29, 0.717) is 30.2 Å². The molecular weight excluding hydrogens is 578 g/mol. The van der Waals surface area contributed by atoms with Gasteiger partial charge in [0.05, 0.1) is 6.10 Å². The molecule has 5 aliphatic rings. The predicted molar refractivity (Wildman–Crippen MR) is 184 cm³/mol. The summed E-state index contributed by atoms with van der Waals surface area (Å²) in [4.78, 5) is 12.0. The molecule has 2 N–H and O–H groups in total. The molecule has 250 valence electrons. The van der Waals surface area contributed by atoms with E-state index < -0.39 is 0 Å². The van der Waals surface area contributed by atoms with E-state index in [4.69, 9.17) is 16.3 Å². The van der Waals surface area contributed by atoms with E-state index in [2.05, 4.69) is 65.9 Å². The van der Waals surface area contributed by atoms with Crippen LogP contribution in [0.5, 0.6) is 0 Å². The summed E-state index contributed by atoms with van der Waals surface area (Å²) in [6.07, 6.45) is 11.3. The normalized spacial score (nSPS) is 41.1. The zero-order chi connectivity index (χ0) is 32.6. The van der Waals surface area contributed by atoms with Gasteiger partial charge in [0.25, 0.3) is 0 Å². The van der Waals surface area contributed by atoms with Gasteiger partial charge in [0, 0.05) is 35.9 Å². The van der Waals surface area contributed by atoms with Crippen LogP contribution in [-0.4, -0.2) is 29.8 Å². The van der Waals surface area contributed by atoms with Crippen molar-refractivity contribution in [1.29, 1.82) is 0 Å². The third kappa shape index (κ3) is 5.09. The summed E-state index contributed by atoms with van der Waals surface area (Å²) >= 11 is 6.11. The number of carbonyl (C=O) groups is 1. The molecule has 0 radical (unpaired) electrons. The number of aliphatic hydroxyl groups excluding tert-OH is 1. The molecule has 2 unspecified atom stereocenters. The van der Waals surface area contributed by atoms with Gasteiger partial charge < -0.3 is 15.2 Å². The summed E-state index contributed by atoms with van der Waals surface area (Å²) in [7, 11) is 0. The van der Waals surface area contributed by atoms with Gasteiger partial charge in [-0.3, -0.25) is 4.79 Å². The lowest BCUT2D eigenvalue weighted by Crippen LogP contribution is -2.66. The van der Waals surface area contributed by atoms with Crippen LogP contribution in [0.1, 0.15) is 125 Å². The second-order valence-electron chi connectivity index (χ2n) is 17.6. The minimum absolute atomic E-state index is 0.0125. The second-order valence-corrected chi connectivity index (χ2v) is 18.0. The van der Waals surface area contributed by atoms with Gasteiger partial charge >= 0.3 is 5.97 Å². The number of halogens is 1. The molecule has 4 nitrogen and oxygen atoms in total. The third-order valence-corrected chi connectivity index (χ3v) is 15.4. The molecule has 1 aromatic rings. The van der Waals surface area contributed by atoms with E-state index in [-0.39, 0.29) is 45.3 Å². The van der Waals surface area contributed by atoms with Crippen LogP contribution in [0.15, 0.2) is 35.4 Å². The monoisotopic (exact) mass is 637 g/mol. The lowest BCUT2D eigenvalue weighted by atomic mass is 9.33. The van der Waals surface area contributed by atoms with Crippen molar-refractivity contribution in [2.75, 3.05) is 6.54 Å². The number of esters is 1. The third-order valence-electron chi connectivity index (χ3n) is 15.2. The minimum atomic E-state index is -0.378. The summed E-state index contributed by atoms with van der Waals surface area (Å²) in [5, 5.41) is 16.5. The number of rotatable bonds is 7. The molecular formula is C40H60ClNO3. The van der Waals surface area contributed by atoms with E-state index >= 15 is 0 Å². The predicted octanol–water partition coefficient (Wildman–Crippen LogP) is 9.52. The van der Waals surface area contributed by atoms with Crippen LogP contribution in [0.4, 0.5) is 0 Å². The molecule has 0 amide bonds. The fourth-order valence-electron chi connectivity index (χ4n) is 12.8. The summed E-state index contributed by atoms with van der Waals surface area (Å²) < 4.78 is 5.96. The van der Waals surface area contributed by atoms with Gasteiger partial charge in [0.1, 0.15) is 6.10 Å². The largest absolute Gasteiger partial charge is 0.462 e. The van der Waals surface area contributed by atoms with Crippen LogP contribution in [0.2, 0.25) is 5.02 Å². The van der Waals surface area contributed by atoms with Crippen molar-refractivity contribution in [3.8, 4) is 0 Å². The Kier molecular flexibility index (Phi) is 8.69. The Hall–Kier alpha value is -1.36. The summed E-state index contributed by atoms with van der Waals surface area (Å²) in [6, 6.07) is 8.03. The quantitative estimate of drug-likeness (QED) is 0.231. The van der Waals surface area contributed by atoms with Crippen LogP contribution in [-0.2, 0) is 16.1 Å². The molecule has 4 fully saturated rings. The Morgan fingerprint density at radius 2 is 1.64 bits per heavy atom. The highest BCUT2D eigenvalue weighted by Crippen LogP contribution is 2.77. The fraction of sp³-hybridized carbons (Fsp3) is 0.775. The molecule has 0 bridgehead atoms. The van der Waals surface area contributed by atoms with Crippen LogP contribution < -0.4 is 5.32 Å². The van der Waals surface area contributed by atoms with Crippen LogP contribution in [0, 0.1) is 50.7 Å². The Balaban J connectivity index is 1.28. The fourth-order valence-corrected chi connectivity index (χ4v) is 12.9. The average Bonchev–Trinajstić information content (AvgIpc) is 3.37. The Labute approximate surface area is 278 Å². The van der Waals surface area contributed by atoms with Crippen LogP contribution in [0.3, 0.4) is 0 Å². The Morgan fingerprint density at radius 3 is 2.31 bits per heavy atom. The average molecular weight is 638 g/mol. The minimum Gasteiger partial charge on any atom is -0.462 e. The second kappa shape index (κ2) is 11.7. The molecule has 0 aromatic heterocycles. The maximum absolute atomic E-state index is 12.1. The molecule has 0 aliphatic heterocycles. The van der Waals surface area contributed by atoms with Crippen molar-refractivity contribution in [2.45, 2.75) is 138 Å². The number of carbonyl (C=O) groups excluding carboxylic acids is 1. The standard InChI is InChI=1S/C40H60ClNO3/c1-25(2)29-15-20-40(33(44)24-42-23-27-9-11-28(41)12-10-27)22-21-38(7)30(35(29)40)13-14-32-37(6)18-17-34(45-26(3)43)36(4,5)31(37)16-19-39(32,38)8/h9-12,25,30-34,42,44H,13-24H2,1-8H3/t30-,31?,32-,33?,34+,37+,38-,39-,40-/m1/s1. The van der Waals surface area contributed by atoms with Crippen molar-refractivity contribution in [2.24, 2.45) is 50.7 Å². The molecule has 4 saturated carbocycles. The number of benzene rings is 1. The highest BCUT2D eigenvalue weighted by molar-refractivity contribution is 6.30. The Bertz CT molecular complexity index is 1320. The first-order valence-corrected chi connectivity index (χ1v) is 18.5. The molecule has 45 heavy (non-hydrogen) atoms. The van der Waals surface area contributed by atoms with Crippen LogP contribution >= 0.6 is 11.6 Å². The first kappa shape index (κ1) is 33.5. The molecule has 6 rings (SSSR count). The molecule has 5 aliphatic carbocycles. The summed E-state index contributed by atoms with van der Waals surface area (Å²) in [6.45, 7) is 20.4. The number of hydrogen-bond acceptors (Lipinski definition) is 4. The van der Waals surface area contributed by atoms with E-state index in [1.165, 1.54) is 37.7 Å². The summed E-state index contributed by atoms with van der Waals surface area (Å²) in [5.74, 6) is 2.17. The van der Waals surface area contributed by atoms with Gasteiger partial charge in [-0.15, -0.1) is 0 Å². The van der Waals surface area contributed by atoms with Crippen molar-refractivity contribution in [1.82, 2.24) is 5.32 Å². The van der Waals surface area contributed by atoms with Crippen molar-refractivity contribution >= 4 is 17.6 Å². The molecule has 0 spiro atoms. The SMILES string of the molecule is CC(=O)O[C@H]1CC[C@@]2(C)C(CC[C@]3(C)[C@@H]2CC[C@@H]2C4=C(C(C)C)CC[C@]4(C(O)CNCc4ccc(Cl)cc4)CC[C@]23C)C1(C)C. The number of allylic oxidation sites excluding steroid dienone is 1. The number of hydrogen-bond donors (Lipinski definition) is 2. The number of aliphatic hydroxyl groups is 1. The lowest BCUT2D eigenvalue weighted by molar-refractivity contribution is -0.234. The smallest absolute Gasteiger partial charge is 0.302 e. The van der Waals surface area contributed by atoms with E-state index in [1.54, 1.807) is 18.1 Å². The molecule has 5 heteroatoms. The van der Waals surface area contributed by atoms with Crippen molar-refractivity contribution in [3.63, 3.8) is 0 Å². The Morgan fingerprint density at radius 1 is 0.933 bits per heavy atom. The van der Waals surface area contributed by atoms with E-state index in [9.17, 15) is 9.90 Å². The first-order chi connectivity index (χ1) is 21.1. The molecule has 9 atom stereocenters. The molecule has 0 heterocycles. The number of fused-ring (bicyclic) bond motifs is 7. The number of ether oxygens (including phenoxy) is 1. The molecule has 0 saturated heterocycles. The van der Waals surface area contributed by atoms with E-state index in [1.807, 2.05) is 12.1 Å². The van der Waals surface area contributed by atoms with Gasteiger partial charge in [-0.25, -0.2) is 0 Å². The highest BCUT2D eigenvalue weighted by atomic mass is 35.5. The van der Waals surface area contributed by atoms with Crippen LogP contribution in [0.25, 0.3) is 0 Å². The highest BCUT2D eigenvalue weighted by Gasteiger charge is 2.70. The maximum Gasteiger partial charge on any atom is 0.302 e. The zero-order valence-corrected chi connectivity index (χ0v) is 30.2. The number of nitrogens with one attached hydrogen (secondary N) is 1. The summed E-state index contributed by atoms with van der Waals surface area (Å²) in [5.41, 5.74) is 5.16. The van der Waals surface area contributed by atoms with Gasteiger partial charge in [0.15, 0.2) is 0 Å². The van der Waals surface area contributed by atoms with Gasteiger partial charge in [-0.05, 0) is 122 Å². The van der Waals surface area contributed by atoms with Gasteiger partial charge in [-0.2, -0.15) is 0 Å². The van der Waals surface area contributed by atoms with Gasteiger partial charge in [-0.1, -0.05) is 83.3 Å².